The summed E-state index contributed by atoms with van der Waals surface area (Å²) in [4.78, 5) is 21.1. The molecule has 0 bridgehead atoms. The standard InChI is InChI=1S/C11H6F3N3O4/c12-11(13,14)8-4-5-16(15-8)9-6(10(18)19)2-1-3-7(9)17(20)21/h1-5H,(H,18,19). The second kappa shape index (κ2) is 4.89. The molecule has 0 saturated heterocycles. The molecule has 0 radical (unpaired) electrons. The van der Waals surface area contributed by atoms with E-state index >= 15 is 0 Å². The first-order chi connectivity index (χ1) is 9.71. The quantitative estimate of drug-likeness (QED) is 0.693. The summed E-state index contributed by atoms with van der Waals surface area (Å²) < 4.78 is 38.1. The van der Waals surface area contributed by atoms with Gasteiger partial charge in [0.25, 0.3) is 5.69 Å². The van der Waals surface area contributed by atoms with Crippen molar-refractivity contribution >= 4 is 11.7 Å². The van der Waals surface area contributed by atoms with Gasteiger partial charge < -0.3 is 5.11 Å². The summed E-state index contributed by atoms with van der Waals surface area (Å²) in [5.74, 6) is -1.52. The lowest BCUT2D eigenvalue weighted by Gasteiger charge is -2.07. The van der Waals surface area contributed by atoms with Crippen molar-refractivity contribution in [2.45, 2.75) is 6.18 Å². The van der Waals surface area contributed by atoms with Gasteiger partial charge in [-0.25, -0.2) is 9.48 Å². The van der Waals surface area contributed by atoms with Gasteiger partial charge >= 0.3 is 12.1 Å². The molecule has 7 nitrogen and oxygen atoms in total. The van der Waals surface area contributed by atoms with Crippen LogP contribution in [-0.4, -0.2) is 25.8 Å². The predicted molar refractivity (Wildman–Crippen MR) is 62.2 cm³/mol. The summed E-state index contributed by atoms with van der Waals surface area (Å²) in [6.45, 7) is 0. The fourth-order valence-corrected chi connectivity index (χ4v) is 1.69. The van der Waals surface area contributed by atoms with Crippen molar-refractivity contribution in [2.75, 3.05) is 0 Å². The molecule has 0 fully saturated rings. The fourth-order valence-electron chi connectivity index (χ4n) is 1.69. The van der Waals surface area contributed by atoms with E-state index in [0.29, 0.717) is 10.7 Å². The highest BCUT2D eigenvalue weighted by atomic mass is 19.4. The van der Waals surface area contributed by atoms with E-state index < -0.39 is 39.7 Å². The van der Waals surface area contributed by atoms with Gasteiger partial charge in [0.2, 0.25) is 0 Å². The summed E-state index contributed by atoms with van der Waals surface area (Å²) >= 11 is 0. The second-order valence-corrected chi connectivity index (χ2v) is 3.88. The van der Waals surface area contributed by atoms with Gasteiger partial charge in [0.15, 0.2) is 11.4 Å². The molecule has 1 aromatic heterocycles. The van der Waals surface area contributed by atoms with Crippen molar-refractivity contribution in [3.63, 3.8) is 0 Å². The van der Waals surface area contributed by atoms with Crippen LogP contribution in [0.1, 0.15) is 16.1 Å². The Bertz CT molecular complexity index is 691. The zero-order valence-electron chi connectivity index (χ0n) is 10.0. The number of carboxylic acids is 1. The van der Waals surface area contributed by atoms with E-state index in [2.05, 4.69) is 5.10 Å². The van der Waals surface area contributed by atoms with Crippen LogP contribution in [0, 0.1) is 10.1 Å². The molecule has 0 aliphatic heterocycles. The molecule has 0 spiro atoms. The fraction of sp³-hybridized carbons (Fsp3) is 0.0909. The molecule has 0 unspecified atom stereocenters. The Balaban J connectivity index is 2.69. The van der Waals surface area contributed by atoms with Crippen LogP contribution in [-0.2, 0) is 6.18 Å². The molecule has 0 atom stereocenters. The first-order valence-corrected chi connectivity index (χ1v) is 5.35. The van der Waals surface area contributed by atoms with Crippen LogP contribution in [0.3, 0.4) is 0 Å². The number of hydrogen-bond donors (Lipinski definition) is 1. The summed E-state index contributed by atoms with van der Waals surface area (Å²) in [6.07, 6.45) is -3.92. The molecule has 0 saturated carbocycles. The van der Waals surface area contributed by atoms with Crippen LogP contribution >= 0.6 is 0 Å². The third-order valence-corrected chi connectivity index (χ3v) is 2.55. The minimum absolute atomic E-state index is 0.527. The third kappa shape index (κ3) is 2.68. The topological polar surface area (TPSA) is 98.3 Å². The first-order valence-electron chi connectivity index (χ1n) is 5.35. The number of carbonyl (C=O) groups is 1. The number of nitrogens with zero attached hydrogens (tertiary/aromatic N) is 3. The number of nitro benzene ring substituents is 1. The number of alkyl halides is 3. The number of carboxylic acid groups (broad SMARTS) is 1. The van der Waals surface area contributed by atoms with Crippen LogP contribution in [0.25, 0.3) is 5.69 Å². The highest BCUT2D eigenvalue weighted by Gasteiger charge is 2.34. The Morgan fingerprint density at radius 2 is 2.00 bits per heavy atom. The van der Waals surface area contributed by atoms with Gasteiger partial charge in [-0.2, -0.15) is 18.3 Å². The molecule has 10 heteroatoms. The summed E-state index contributed by atoms with van der Waals surface area (Å²) in [6, 6.07) is 3.75. The molecular formula is C11H6F3N3O4. The lowest BCUT2D eigenvalue weighted by atomic mass is 10.1. The Morgan fingerprint density at radius 3 is 2.48 bits per heavy atom. The maximum atomic E-state index is 12.5. The van der Waals surface area contributed by atoms with Gasteiger partial charge in [0, 0.05) is 12.3 Å². The molecule has 0 amide bonds. The lowest BCUT2D eigenvalue weighted by molar-refractivity contribution is -0.384. The van der Waals surface area contributed by atoms with Gasteiger partial charge in [-0.15, -0.1) is 0 Å². The maximum Gasteiger partial charge on any atom is 0.435 e. The second-order valence-electron chi connectivity index (χ2n) is 3.88. The van der Waals surface area contributed by atoms with Crippen molar-refractivity contribution in [3.05, 3.63) is 51.8 Å². The van der Waals surface area contributed by atoms with E-state index in [4.69, 9.17) is 5.11 Å². The number of nitro groups is 1. The van der Waals surface area contributed by atoms with E-state index in [1.165, 1.54) is 0 Å². The van der Waals surface area contributed by atoms with E-state index in [1.807, 2.05) is 0 Å². The van der Waals surface area contributed by atoms with Crippen LogP contribution < -0.4 is 0 Å². The molecule has 2 aromatic rings. The molecule has 2 rings (SSSR count). The van der Waals surface area contributed by atoms with E-state index in [0.717, 1.165) is 24.4 Å². The number of benzene rings is 1. The van der Waals surface area contributed by atoms with Crippen molar-refractivity contribution in [1.82, 2.24) is 9.78 Å². The molecule has 110 valence electrons. The number of halogens is 3. The Morgan fingerprint density at radius 1 is 1.33 bits per heavy atom. The molecule has 1 aromatic carbocycles. The monoisotopic (exact) mass is 301 g/mol. The van der Waals surface area contributed by atoms with E-state index in [-0.39, 0.29) is 0 Å². The first kappa shape index (κ1) is 14.5. The van der Waals surface area contributed by atoms with E-state index in [9.17, 15) is 28.1 Å². The molecule has 0 aliphatic carbocycles. The Kier molecular flexibility index (Phi) is 3.37. The summed E-state index contributed by atoms with van der Waals surface area (Å²) in [7, 11) is 0. The lowest BCUT2D eigenvalue weighted by Crippen LogP contribution is -2.11. The zero-order chi connectivity index (χ0) is 15.8. The predicted octanol–water partition coefficient (Wildman–Crippen LogP) is 2.50. The molecule has 21 heavy (non-hydrogen) atoms. The van der Waals surface area contributed by atoms with E-state index in [1.54, 1.807) is 0 Å². The summed E-state index contributed by atoms with van der Waals surface area (Å²) in [5.41, 5.74) is -3.00. The average molecular weight is 301 g/mol. The Labute approximate surface area is 114 Å². The molecular weight excluding hydrogens is 295 g/mol. The number of hydrogen-bond acceptors (Lipinski definition) is 4. The van der Waals surface area contributed by atoms with Gasteiger partial charge in [-0.05, 0) is 12.1 Å². The van der Waals surface area contributed by atoms with Gasteiger partial charge in [-0.3, -0.25) is 10.1 Å². The number of para-hydroxylation sites is 1. The van der Waals surface area contributed by atoms with Crippen molar-refractivity contribution in [2.24, 2.45) is 0 Å². The van der Waals surface area contributed by atoms with Crippen LogP contribution in [0.15, 0.2) is 30.5 Å². The highest BCUT2D eigenvalue weighted by Crippen LogP contribution is 2.31. The molecule has 1 N–H and O–H groups in total. The van der Waals surface area contributed by atoms with Gasteiger partial charge in [0.1, 0.15) is 0 Å². The van der Waals surface area contributed by atoms with Crippen LogP contribution in [0.2, 0.25) is 0 Å². The van der Waals surface area contributed by atoms with Crippen molar-refractivity contribution < 1.29 is 28.0 Å². The van der Waals surface area contributed by atoms with Crippen LogP contribution in [0.5, 0.6) is 0 Å². The highest BCUT2D eigenvalue weighted by molar-refractivity contribution is 5.93. The third-order valence-electron chi connectivity index (χ3n) is 2.55. The maximum absolute atomic E-state index is 12.5. The average Bonchev–Trinajstić information content (AvgIpc) is 2.86. The SMILES string of the molecule is O=C(O)c1cccc([N+](=O)[O-])c1-n1ccc(C(F)(F)F)n1. The van der Waals surface area contributed by atoms with Crippen molar-refractivity contribution in [1.29, 1.82) is 0 Å². The smallest absolute Gasteiger partial charge is 0.435 e. The zero-order valence-corrected chi connectivity index (χ0v) is 10.0. The number of rotatable bonds is 3. The minimum Gasteiger partial charge on any atom is -0.478 e. The summed E-state index contributed by atoms with van der Waals surface area (Å²) in [5, 5.41) is 23.1. The van der Waals surface area contributed by atoms with Crippen molar-refractivity contribution in [3.8, 4) is 5.69 Å². The largest absolute Gasteiger partial charge is 0.478 e. The normalized spacial score (nSPS) is 11.4. The number of aromatic carboxylic acids is 1. The van der Waals surface area contributed by atoms with Gasteiger partial charge in [0.05, 0.1) is 10.5 Å². The molecule has 1 heterocycles. The Hall–Kier alpha value is -2.91. The van der Waals surface area contributed by atoms with Crippen LogP contribution in [0.4, 0.5) is 18.9 Å². The number of aromatic nitrogens is 2. The molecule has 0 aliphatic rings. The van der Waals surface area contributed by atoms with Gasteiger partial charge in [-0.1, -0.05) is 6.07 Å². The minimum atomic E-state index is -4.74.